The molecule has 3 unspecified atom stereocenters. The molecule has 0 aliphatic carbocycles. The molecule has 2 rings (SSSR count). The van der Waals surface area contributed by atoms with Crippen molar-refractivity contribution < 1.29 is 29.3 Å². The van der Waals surface area contributed by atoms with Gasteiger partial charge in [0.1, 0.15) is 12.0 Å². The predicted octanol–water partition coefficient (Wildman–Crippen LogP) is 3.96. The number of carbonyl (C=O) groups is 2. The second-order valence-electron chi connectivity index (χ2n) is 6.15. The Morgan fingerprint density at radius 1 is 1.25 bits per heavy atom. The van der Waals surface area contributed by atoms with Crippen LogP contribution < -0.4 is 0 Å². The molecule has 1 fully saturated rings. The van der Waals surface area contributed by atoms with Crippen LogP contribution in [0.3, 0.4) is 0 Å². The Kier molecular flexibility index (Phi) is 13.7. The number of aliphatic hydroxyl groups excluding tert-OH is 1. The fourth-order valence-electron chi connectivity index (χ4n) is 2.68. The monoisotopic (exact) mass is 394 g/mol. The largest absolute Gasteiger partial charge is 0.508 e. The van der Waals surface area contributed by atoms with Crippen LogP contribution in [0.5, 0.6) is 5.75 Å². The topological polar surface area (TPSA) is 96.4 Å². The summed E-state index contributed by atoms with van der Waals surface area (Å²) in [5, 5.41) is 16.4. The van der Waals surface area contributed by atoms with Crippen molar-refractivity contribution in [2.45, 2.75) is 71.7 Å². The summed E-state index contributed by atoms with van der Waals surface area (Å²) in [4.78, 5) is 22.3. The third-order valence-corrected chi connectivity index (χ3v) is 4.12. The number of esters is 1. The molecule has 158 valence electrons. The number of phenolic OH excluding ortho intramolecular Hbond substituents is 1. The summed E-state index contributed by atoms with van der Waals surface area (Å²) in [6.45, 7) is 7.64. The van der Waals surface area contributed by atoms with Gasteiger partial charge in [0.15, 0.2) is 0 Å². The van der Waals surface area contributed by atoms with Crippen LogP contribution in [-0.2, 0) is 14.3 Å². The van der Waals surface area contributed by atoms with Crippen LogP contribution in [-0.4, -0.2) is 47.9 Å². The molecule has 1 saturated heterocycles. The molecule has 6 nitrogen and oxygen atoms in total. The maximum absolute atomic E-state index is 12.1. The Bertz CT molecular complexity index is 611. The molecule has 1 aliphatic rings. The maximum Gasteiger partial charge on any atom is 0.338 e. The van der Waals surface area contributed by atoms with E-state index in [2.05, 4.69) is 0 Å². The van der Waals surface area contributed by atoms with Crippen LogP contribution in [0.4, 0.5) is 0 Å². The average Bonchev–Trinajstić information content (AvgIpc) is 3.45. The minimum atomic E-state index is -0.368. The van der Waals surface area contributed by atoms with E-state index < -0.39 is 0 Å². The number of allylic oxidation sites excluding steroid dienone is 2. The minimum Gasteiger partial charge on any atom is -0.508 e. The SMILES string of the molecule is CC.CO.Cc1cc(O)ccc1C(=O)OC(C)CCC1OC1CC/C=C/C=O. The number of carbonyl (C=O) groups excluding carboxylic acids is 2. The molecule has 3 atom stereocenters. The van der Waals surface area contributed by atoms with Gasteiger partial charge in [-0.05, 0) is 69.4 Å². The number of aldehydes is 1. The zero-order chi connectivity index (χ0) is 21.5. The second-order valence-corrected chi connectivity index (χ2v) is 6.15. The van der Waals surface area contributed by atoms with Gasteiger partial charge in [0.05, 0.1) is 23.9 Å². The van der Waals surface area contributed by atoms with Gasteiger partial charge >= 0.3 is 5.97 Å². The van der Waals surface area contributed by atoms with E-state index in [1.807, 2.05) is 26.8 Å². The molecule has 0 saturated carbocycles. The molecule has 0 spiro atoms. The third kappa shape index (κ3) is 9.67. The van der Waals surface area contributed by atoms with Gasteiger partial charge in [0.2, 0.25) is 0 Å². The highest BCUT2D eigenvalue weighted by Gasteiger charge is 2.37. The zero-order valence-corrected chi connectivity index (χ0v) is 17.6. The Morgan fingerprint density at radius 2 is 1.89 bits per heavy atom. The molecule has 0 aromatic heterocycles. The Balaban J connectivity index is 0.00000171. The zero-order valence-electron chi connectivity index (χ0n) is 17.6. The summed E-state index contributed by atoms with van der Waals surface area (Å²) in [6, 6.07) is 4.60. The number of hydrogen-bond donors (Lipinski definition) is 2. The summed E-state index contributed by atoms with van der Waals surface area (Å²) in [5.41, 5.74) is 1.17. The number of hydrogen-bond acceptors (Lipinski definition) is 6. The normalized spacial score (nSPS) is 18.2. The predicted molar refractivity (Wildman–Crippen MR) is 110 cm³/mol. The highest BCUT2D eigenvalue weighted by molar-refractivity contribution is 5.91. The molecule has 1 aromatic rings. The van der Waals surface area contributed by atoms with Crippen molar-refractivity contribution in [1.82, 2.24) is 0 Å². The van der Waals surface area contributed by atoms with Gasteiger partial charge < -0.3 is 19.7 Å². The van der Waals surface area contributed by atoms with Crippen molar-refractivity contribution in [3.05, 3.63) is 41.5 Å². The van der Waals surface area contributed by atoms with Gasteiger partial charge in [0, 0.05) is 7.11 Å². The number of aromatic hydroxyl groups is 1. The molecule has 0 radical (unpaired) electrons. The quantitative estimate of drug-likeness (QED) is 0.285. The van der Waals surface area contributed by atoms with Crippen molar-refractivity contribution in [1.29, 1.82) is 0 Å². The Labute approximate surface area is 168 Å². The maximum atomic E-state index is 12.1. The van der Waals surface area contributed by atoms with E-state index in [1.54, 1.807) is 19.1 Å². The third-order valence-electron chi connectivity index (χ3n) is 4.12. The molecule has 28 heavy (non-hydrogen) atoms. The van der Waals surface area contributed by atoms with Crippen LogP contribution in [0.15, 0.2) is 30.4 Å². The lowest BCUT2D eigenvalue weighted by Gasteiger charge is -2.13. The first kappa shape index (κ1) is 25.8. The van der Waals surface area contributed by atoms with Gasteiger partial charge in [-0.25, -0.2) is 4.79 Å². The highest BCUT2D eigenvalue weighted by Crippen LogP contribution is 2.31. The highest BCUT2D eigenvalue weighted by atomic mass is 16.6. The van der Waals surface area contributed by atoms with E-state index in [0.717, 1.165) is 39.1 Å². The first-order chi connectivity index (χ1) is 13.5. The number of aliphatic hydroxyl groups is 1. The number of aryl methyl sites for hydroxylation is 1. The molecule has 0 amide bonds. The van der Waals surface area contributed by atoms with E-state index in [9.17, 15) is 14.7 Å². The van der Waals surface area contributed by atoms with Crippen LogP contribution in [0.1, 0.15) is 62.4 Å². The smallest absolute Gasteiger partial charge is 0.338 e. The summed E-state index contributed by atoms with van der Waals surface area (Å²) < 4.78 is 11.0. The van der Waals surface area contributed by atoms with E-state index in [1.165, 1.54) is 12.1 Å². The van der Waals surface area contributed by atoms with E-state index >= 15 is 0 Å². The second kappa shape index (κ2) is 14.8. The summed E-state index contributed by atoms with van der Waals surface area (Å²) in [5.74, 6) is -0.232. The molecule has 0 bridgehead atoms. The van der Waals surface area contributed by atoms with Gasteiger partial charge in [-0.1, -0.05) is 19.9 Å². The van der Waals surface area contributed by atoms with Crippen LogP contribution in [0.25, 0.3) is 0 Å². The van der Waals surface area contributed by atoms with Gasteiger partial charge in [0.25, 0.3) is 0 Å². The molecule has 6 heteroatoms. The number of rotatable bonds is 9. The van der Waals surface area contributed by atoms with Crippen molar-refractivity contribution >= 4 is 12.3 Å². The van der Waals surface area contributed by atoms with Crippen molar-refractivity contribution in [2.24, 2.45) is 0 Å². The lowest BCUT2D eigenvalue weighted by molar-refractivity contribution is -0.104. The molecule has 1 heterocycles. The summed E-state index contributed by atoms with van der Waals surface area (Å²) in [6.07, 6.45) is 7.76. The Hall–Kier alpha value is -2.18. The Morgan fingerprint density at radius 3 is 2.50 bits per heavy atom. The summed E-state index contributed by atoms with van der Waals surface area (Å²) >= 11 is 0. The molecular formula is C22H34O6. The van der Waals surface area contributed by atoms with Gasteiger partial charge in [-0.15, -0.1) is 0 Å². The van der Waals surface area contributed by atoms with Gasteiger partial charge in [-0.2, -0.15) is 0 Å². The van der Waals surface area contributed by atoms with Crippen molar-refractivity contribution in [3.63, 3.8) is 0 Å². The lowest BCUT2D eigenvalue weighted by Crippen LogP contribution is -2.16. The van der Waals surface area contributed by atoms with Gasteiger partial charge in [-0.3, -0.25) is 4.79 Å². The van der Waals surface area contributed by atoms with Crippen LogP contribution in [0, 0.1) is 6.92 Å². The van der Waals surface area contributed by atoms with Crippen LogP contribution in [0.2, 0.25) is 0 Å². The minimum absolute atomic E-state index is 0.136. The van der Waals surface area contributed by atoms with E-state index in [0.29, 0.717) is 11.1 Å². The number of benzene rings is 1. The number of ether oxygens (including phenoxy) is 2. The standard InChI is InChI=1S/C19H24O5.C2H6.CH4O/c1-13-12-15(21)8-9-16(13)19(22)23-14(2)7-10-18-17(24-18)6-4-3-5-11-20;2*1-2/h3,5,8-9,11-12,14,17-18,21H,4,6-7,10H2,1-2H3;1-2H3;2H,1H3/b5-3+;;. The first-order valence-electron chi connectivity index (χ1n) is 9.72. The average molecular weight is 395 g/mol. The van der Waals surface area contributed by atoms with Crippen molar-refractivity contribution in [2.75, 3.05) is 7.11 Å². The molecule has 2 N–H and O–H groups in total. The first-order valence-corrected chi connectivity index (χ1v) is 9.72. The van der Waals surface area contributed by atoms with Crippen LogP contribution >= 0.6 is 0 Å². The molecular weight excluding hydrogens is 360 g/mol. The fraction of sp³-hybridized carbons (Fsp3) is 0.545. The molecule has 1 aromatic carbocycles. The molecule has 1 aliphatic heterocycles. The fourth-order valence-corrected chi connectivity index (χ4v) is 2.68. The lowest BCUT2D eigenvalue weighted by atomic mass is 10.1. The van der Waals surface area contributed by atoms with E-state index in [-0.39, 0.29) is 30.0 Å². The summed E-state index contributed by atoms with van der Waals surface area (Å²) in [7, 11) is 1.00. The van der Waals surface area contributed by atoms with E-state index in [4.69, 9.17) is 14.6 Å². The number of epoxide rings is 1. The number of phenols is 1. The van der Waals surface area contributed by atoms with Crippen molar-refractivity contribution in [3.8, 4) is 5.75 Å².